The fraction of sp³-hybridized carbons (Fsp3) is 0.562. The SMILES string of the molecule is CC(C)(C)OC(=O)N1CCC(C(NN)c2c(F)cccc2F)C1. The summed E-state index contributed by atoms with van der Waals surface area (Å²) in [5.41, 5.74) is 1.81. The van der Waals surface area contributed by atoms with Gasteiger partial charge in [0.2, 0.25) is 0 Å². The van der Waals surface area contributed by atoms with Crippen LogP contribution in [-0.4, -0.2) is 29.7 Å². The maximum atomic E-state index is 14.0. The zero-order valence-corrected chi connectivity index (χ0v) is 13.6. The minimum atomic E-state index is -0.705. The minimum Gasteiger partial charge on any atom is -0.444 e. The third kappa shape index (κ3) is 4.17. The van der Waals surface area contributed by atoms with Crippen molar-refractivity contribution in [1.29, 1.82) is 0 Å². The molecule has 2 atom stereocenters. The number of rotatable bonds is 3. The van der Waals surface area contributed by atoms with Crippen LogP contribution in [0.2, 0.25) is 0 Å². The van der Waals surface area contributed by atoms with Crippen molar-refractivity contribution in [2.45, 2.75) is 38.8 Å². The fourth-order valence-electron chi connectivity index (χ4n) is 2.81. The maximum absolute atomic E-state index is 14.0. The highest BCUT2D eigenvalue weighted by Gasteiger charge is 2.36. The fourth-order valence-corrected chi connectivity index (χ4v) is 2.81. The number of nitrogens with two attached hydrogens (primary N) is 1. The van der Waals surface area contributed by atoms with E-state index in [0.717, 1.165) is 0 Å². The Bertz CT molecular complexity index is 555. The molecule has 1 aliphatic rings. The van der Waals surface area contributed by atoms with Gasteiger partial charge in [0, 0.05) is 18.7 Å². The highest BCUT2D eigenvalue weighted by atomic mass is 19.1. The molecular formula is C16H23F2N3O2. The highest BCUT2D eigenvalue weighted by molar-refractivity contribution is 5.68. The maximum Gasteiger partial charge on any atom is 0.410 e. The average molecular weight is 327 g/mol. The molecule has 5 nitrogen and oxygen atoms in total. The van der Waals surface area contributed by atoms with Gasteiger partial charge in [-0.1, -0.05) is 6.07 Å². The first-order valence-corrected chi connectivity index (χ1v) is 7.61. The number of nitrogens with one attached hydrogen (secondary N) is 1. The molecule has 128 valence electrons. The Balaban J connectivity index is 2.12. The largest absolute Gasteiger partial charge is 0.444 e. The van der Waals surface area contributed by atoms with Gasteiger partial charge < -0.3 is 9.64 Å². The van der Waals surface area contributed by atoms with Crippen molar-refractivity contribution in [1.82, 2.24) is 10.3 Å². The van der Waals surface area contributed by atoms with E-state index in [1.165, 1.54) is 18.2 Å². The van der Waals surface area contributed by atoms with Gasteiger partial charge in [0.1, 0.15) is 17.2 Å². The Morgan fingerprint density at radius 3 is 2.52 bits per heavy atom. The average Bonchev–Trinajstić information content (AvgIpc) is 2.90. The summed E-state index contributed by atoms with van der Waals surface area (Å²) in [5.74, 6) is 4.03. The molecule has 0 spiro atoms. The predicted octanol–water partition coefficient (Wildman–Crippen LogP) is 2.73. The summed E-state index contributed by atoms with van der Waals surface area (Å²) < 4.78 is 33.3. The number of hydrogen-bond acceptors (Lipinski definition) is 4. The Morgan fingerprint density at radius 2 is 2.00 bits per heavy atom. The third-order valence-electron chi connectivity index (χ3n) is 3.84. The second kappa shape index (κ2) is 6.80. The van der Waals surface area contributed by atoms with Crippen LogP contribution in [0.15, 0.2) is 18.2 Å². The summed E-state index contributed by atoms with van der Waals surface area (Å²) in [7, 11) is 0. The second-order valence-electron chi connectivity index (χ2n) is 6.75. The van der Waals surface area contributed by atoms with Gasteiger partial charge in [0.05, 0.1) is 6.04 Å². The molecule has 0 bridgehead atoms. The molecule has 2 unspecified atom stereocenters. The molecule has 0 aromatic heterocycles. The number of ether oxygens (including phenoxy) is 1. The lowest BCUT2D eigenvalue weighted by atomic mass is 9.92. The number of nitrogens with zero attached hydrogens (tertiary/aromatic N) is 1. The number of amides is 1. The van der Waals surface area contributed by atoms with E-state index in [-0.39, 0.29) is 11.5 Å². The van der Waals surface area contributed by atoms with E-state index in [9.17, 15) is 13.6 Å². The highest BCUT2D eigenvalue weighted by Crippen LogP contribution is 2.33. The molecule has 3 N–H and O–H groups in total. The molecule has 2 rings (SSSR count). The number of hydrazine groups is 1. The van der Waals surface area contributed by atoms with Gasteiger partial charge >= 0.3 is 6.09 Å². The van der Waals surface area contributed by atoms with Crippen molar-refractivity contribution < 1.29 is 18.3 Å². The van der Waals surface area contributed by atoms with Crippen LogP contribution in [-0.2, 0) is 4.74 Å². The monoisotopic (exact) mass is 327 g/mol. The molecule has 0 aliphatic carbocycles. The van der Waals surface area contributed by atoms with Crippen LogP contribution in [0.5, 0.6) is 0 Å². The van der Waals surface area contributed by atoms with Crippen molar-refractivity contribution >= 4 is 6.09 Å². The summed E-state index contributed by atoms with van der Waals surface area (Å²) in [6, 6.07) is 3.00. The third-order valence-corrected chi connectivity index (χ3v) is 3.84. The van der Waals surface area contributed by atoms with Crippen LogP contribution in [0.4, 0.5) is 13.6 Å². The number of carbonyl (C=O) groups excluding carboxylic acids is 1. The lowest BCUT2D eigenvalue weighted by Crippen LogP contribution is -2.38. The smallest absolute Gasteiger partial charge is 0.410 e. The van der Waals surface area contributed by atoms with Crippen molar-refractivity contribution in [3.8, 4) is 0 Å². The molecule has 1 aliphatic heterocycles. The summed E-state index contributed by atoms with van der Waals surface area (Å²) in [4.78, 5) is 13.6. The molecule has 0 radical (unpaired) electrons. The number of benzene rings is 1. The predicted molar refractivity (Wildman–Crippen MR) is 82.3 cm³/mol. The molecule has 1 amide bonds. The molecule has 0 saturated carbocycles. The standard InChI is InChI=1S/C16H23F2N3O2/c1-16(2,3)23-15(22)21-8-7-10(9-21)14(20-19)13-11(17)5-4-6-12(13)18/h4-6,10,14,20H,7-9,19H2,1-3H3. The molecule has 1 aromatic carbocycles. The van der Waals surface area contributed by atoms with Gasteiger partial charge in [0.15, 0.2) is 0 Å². The molecule has 1 heterocycles. The van der Waals surface area contributed by atoms with E-state index in [0.29, 0.717) is 19.5 Å². The van der Waals surface area contributed by atoms with Gasteiger partial charge in [0.25, 0.3) is 0 Å². The van der Waals surface area contributed by atoms with Crippen LogP contribution in [0, 0.1) is 17.6 Å². The lowest BCUT2D eigenvalue weighted by Gasteiger charge is -2.26. The molecule has 7 heteroatoms. The molecule has 23 heavy (non-hydrogen) atoms. The van der Waals surface area contributed by atoms with E-state index < -0.39 is 29.4 Å². The number of carbonyl (C=O) groups is 1. The van der Waals surface area contributed by atoms with Crippen LogP contribution < -0.4 is 11.3 Å². The summed E-state index contributed by atoms with van der Waals surface area (Å²) in [6.45, 7) is 6.16. The van der Waals surface area contributed by atoms with E-state index in [4.69, 9.17) is 10.6 Å². The Labute approximate surface area is 134 Å². The zero-order chi connectivity index (χ0) is 17.2. The normalized spacial score (nSPS) is 19.7. The first kappa shape index (κ1) is 17.6. The molecular weight excluding hydrogens is 304 g/mol. The summed E-state index contributed by atoms with van der Waals surface area (Å²) in [6.07, 6.45) is 0.159. The van der Waals surface area contributed by atoms with Crippen LogP contribution in [0.3, 0.4) is 0 Å². The van der Waals surface area contributed by atoms with E-state index >= 15 is 0 Å². The first-order valence-electron chi connectivity index (χ1n) is 7.61. The molecule has 1 fully saturated rings. The van der Waals surface area contributed by atoms with Gasteiger partial charge in [-0.2, -0.15) is 0 Å². The van der Waals surface area contributed by atoms with Gasteiger partial charge in [-0.15, -0.1) is 0 Å². The Hall–Kier alpha value is -1.73. The molecule has 1 aromatic rings. The van der Waals surface area contributed by atoms with Gasteiger partial charge in [-0.05, 0) is 45.2 Å². The van der Waals surface area contributed by atoms with E-state index in [1.807, 2.05) is 0 Å². The first-order chi connectivity index (χ1) is 10.7. The summed E-state index contributed by atoms with van der Waals surface area (Å²) >= 11 is 0. The van der Waals surface area contributed by atoms with Crippen molar-refractivity contribution in [2.24, 2.45) is 11.8 Å². The van der Waals surface area contributed by atoms with Crippen LogP contribution in [0.1, 0.15) is 38.8 Å². The number of hydrogen-bond donors (Lipinski definition) is 2. The quantitative estimate of drug-likeness (QED) is 0.662. The van der Waals surface area contributed by atoms with Gasteiger partial charge in [-0.25, -0.2) is 13.6 Å². The van der Waals surface area contributed by atoms with E-state index in [1.54, 1.807) is 25.7 Å². The van der Waals surface area contributed by atoms with Crippen LogP contribution >= 0.6 is 0 Å². The molecule has 1 saturated heterocycles. The van der Waals surface area contributed by atoms with Crippen molar-refractivity contribution in [2.75, 3.05) is 13.1 Å². The van der Waals surface area contributed by atoms with Gasteiger partial charge in [-0.3, -0.25) is 11.3 Å². The Kier molecular flexibility index (Phi) is 5.21. The minimum absolute atomic E-state index is 0.0916. The van der Waals surface area contributed by atoms with Crippen molar-refractivity contribution in [3.05, 3.63) is 35.4 Å². The summed E-state index contributed by atoms with van der Waals surface area (Å²) in [5, 5.41) is 0. The topological polar surface area (TPSA) is 67.6 Å². The lowest BCUT2D eigenvalue weighted by molar-refractivity contribution is 0.0285. The second-order valence-corrected chi connectivity index (χ2v) is 6.75. The zero-order valence-electron chi connectivity index (χ0n) is 13.6. The van der Waals surface area contributed by atoms with E-state index in [2.05, 4.69) is 5.43 Å². The van der Waals surface area contributed by atoms with Crippen molar-refractivity contribution in [3.63, 3.8) is 0 Å². The Morgan fingerprint density at radius 1 is 1.39 bits per heavy atom. The number of halogens is 2. The number of likely N-dealkylation sites (tertiary alicyclic amines) is 1. The van der Waals surface area contributed by atoms with Crippen LogP contribution in [0.25, 0.3) is 0 Å².